The van der Waals surface area contributed by atoms with Crippen molar-refractivity contribution < 1.29 is 38.4 Å². The molecule has 2 bridgehead atoms. The zero-order chi connectivity index (χ0) is 23.8. The third-order valence-electron chi connectivity index (χ3n) is 7.33. The zero-order valence-electron chi connectivity index (χ0n) is 19.7. The second-order valence-corrected chi connectivity index (χ2v) is 10.1. The van der Waals surface area contributed by atoms with Gasteiger partial charge in [-0.3, -0.25) is 9.59 Å². The zero-order valence-corrected chi connectivity index (χ0v) is 19.7. The van der Waals surface area contributed by atoms with Gasteiger partial charge in [0.15, 0.2) is 0 Å². The molecule has 0 aromatic rings. The van der Waals surface area contributed by atoms with E-state index in [2.05, 4.69) is 6.58 Å². The molecule has 8 nitrogen and oxygen atoms in total. The van der Waals surface area contributed by atoms with Crippen molar-refractivity contribution in [1.29, 1.82) is 0 Å². The molecule has 3 saturated heterocycles. The fourth-order valence-corrected chi connectivity index (χ4v) is 5.44. The highest BCUT2D eigenvalue weighted by Crippen LogP contribution is 2.45. The monoisotopic (exact) mass is 452 g/mol. The molecule has 3 fully saturated rings. The van der Waals surface area contributed by atoms with E-state index in [-0.39, 0.29) is 12.3 Å². The Morgan fingerprint density at radius 3 is 2.44 bits per heavy atom. The van der Waals surface area contributed by atoms with Crippen molar-refractivity contribution in [3.05, 3.63) is 12.2 Å². The first-order valence-electron chi connectivity index (χ1n) is 11.5. The minimum atomic E-state index is -1.07. The van der Waals surface area contributed by atoms with Crippen LogP contribution in [0.2, 0.25) is 0 Å². The van der Waals surface area contributed by atoms with Gasteiger partial charge in [0.1, 0.15) is 17.8 Å². The lowest BCUT2D eigenvalue weighted by atomic mass is 9.75. The number of aliphatic hydroxyl groups is 1. The van der Waals surface area contributed by atoms with E-state index in [0.29, 0.717) is 37.7 Å². The summed E-state index contributed by atoms with van der Waals surface area (Å²) in [6.45, 7) is 12.2. The van der Waals surface area contributed by atoms with Crippen LogP contribution in [0.1, 0.15) is 73.1 Å². The molecule has 32 heavy (non-hydrogen) atoms. The van der Waals surface area contributed by atoms with E-state index >= 15 is 0 Å². The van der Waals surface area contributed by atoms with E-state index in [1.165, 1.54) is 13.8 Å². The summed E-state index contributed by atoms with van der Waals surface area (Å²) in [7, 11) is 0. The molecule has 0 spiro atoms. The number of carbonyl (C=O) groups excluding carboxylic acids is 3. The molecule has 0 aromatic carbocycles. The average molecular weight is 453 g/mol. The Labute approximate surface area is 189 Å². The summed E-state index contributed by atoms with van der Waals surface area (Å²) in [5, 5.41) is 11.2. The summed E-state index contributed by atoms with van der Waals surface area (Å²) < 4.78 is 23.4. The van der Waals surface area contributed by atoms with Gasteiger partial charge in [-0.25, -0.2) is 4.79 Å². The largest absolute Gasteiger partial charge is 0.458 e. The lowest BCUT2D eigenvalue weighted by molar-refractivity contribution is -0.233. The molecule has 8 atom stereocenters. The van der Waals surface area contributed by atoms with Crippen LogP contribution in [0.5, 0.6) is 0 Å². The quantitative estimate of drug-likeness (QED) is 0.387. The number of hydrogen-bond donors (Lipinski definition) is 1. The third kappa shape index (κ3) is 5.01. The molecule has 3 rings (SSSR count). The minimum absolute atomic E-state index is 0.0964. The predicted molar refractivity (Wildman–Crippen MR) is 114 cm³/mol. The van der Waals surface area contributed by atoms with Crippen molar-refractivity contribution in [2.75, 3.05) is 0 Å². The number of esters is 3. The molecule has 0 saturated carbocycles. The molecule has 3 aliphatic heterocycles. The Morgan fingerprint density at radius 1 is 1.12 bits per heavy atom. The number of ether oxygens (including phenoxy) is 4. The predicted octanol–water partition coefficient (Wildman–Crippen LogP) is 2.85. The summed E-state index contributed by atoms with van der Waals surface area (Å²) in [6.07, 6.45) is 0.852. The summed E-state index contributed by atoms with van der Waals surface area (Å²) in [5.74, 6) is -1.97. The molecule has 8 unspecified atom stereocenters. The topological polar surface area (TPSA) is 108 Å². The van der Waals surface area contributed by atoms with Crippen molar-refractivity contribution in [2.45, 2.75) is 109 Å². The standard InChI is InChI=1S/C24H36O8/c1-13-8-7-10-23(5,28)18-9-11-24(6,32-16(4)26)19(30-18)12-17-14(2)22(27)31-21(17)20(13)29-15(3)25/h13,17-21,28H,2,7-12H2,1,3-6H3. The molecule has 180 valence electrons. The summed E-state index contributed by atoms with van der Waals surface area (Å²) in [6, 6.07) is 0. The van der Waals surface area contributed by atoms with Crippen molar-refractivity contribution in [2.24, 2.45) is 11.8 Å². The van der Waals surface area contributed by atoms with Crippen LogP contribution < -0.4 is 0 Å². The Bertz CT molecular complexity index is 774. The maximum atomic E-state index is 12.5. The molecular weight excluding hydrogens is 416 g/mol. The molecule has 0 aromatic heterocycles. The molecule has 0 amide bonds. The first kappa shape index (κ1) is 24.7. The maximum absolute atomic E-state index is 12.5. The van der Waals surface area contributed by atoms with Gasteiger partial charge in [0.25, 0.3) is 0 Å². The highest BCUT2D eigenvalue weighted by Gasteiger charge is 2.53. The highest BCUT2D eigenvalue weighted by atomic mass is 16.6. The number of carbonyl (C=O) groups is 3. The van der Waals surface area contributed by atoms with Crippen LogP contribution in [0.15, 0.2) is 12.2 Å². The van der Waals surface area contributed by atoms with Crippen LogP contribution in [0.3, 0.4) is 0 Å². The summed E-state index contributed by atoms with van der Waals surface area (Å²) in [4.78, 5) is 36.2. The van der Waals surface area contributed by atoms with Crippen LogP contribution in [0.25, 0.3) is 0 Å². The van der Waals surface area contributed by atoms with Crippen LogP contribution in [0.4, 0.5) is 0 Å². The van der Waals surface area contributed by atoms with E-state index < -0.39 is 59.4 Å². The van der Waals surface area contributed by atoms with E-state index in [9.17, 15) is 19.5 Å². The van der Waals surface area contributed by atoms with Crippen molar-refractivity contribution in [3.63, 3.8) is 0 Å². The van der Waals surface area contributed by atoms with E-state index in [1.54, 1.807) is 6.92 Å². The number of rotatable bonds is 2. The van der Waals surface area contributed by atoms with Gasteiger partial charge in [-0.15, -0.1) is 0 Å². The fraction of sp³-hybridized carbons (Fsp3) is 0.792. The molecule has 8 heteroatoms. The Hall–Kier alpha value is -1.93. The highest BCUT2D eigenvalue weighted by molar-refractivity contribution is 5.91. The van der Waals surface area contributed by atoms with E-state index in [4.69, 9.17) is 18.9 Å². The van der Waals surface area contributed by atoms with Gasteiger partial charge in [0, 0.05) is 25.3 Å². The van der Waals surface area contributed by atoms with Crippen molar-refractivity contribution in [3.8, 4) is 0 Å². The lowest BCUT2D eigenvalue weighted by Gasteiger charge is -2.48. The number of hydrogen-bond acceptors (Lipinski definition) is 8. The second kappa shape index (κ2) is 9.14. The molecular formula is C24H36O8. The van der Waals surface area contributed by atoms with Gasteiger partial charge < -0.3 is 24.1 Å². The fourth-order valence-electron chi connectivity index (χ4n) is 5.44. The van der Waals surface area contributed by atoms with Crippen LogP contribution in [0, 0.1) is 11.8 Å². The normalized spacial score (nSPS) is 42.7. The molecule has 0 radical (unpaired) electrons. The molecule has 1 N–H and O–H groups in total. The Balaban J connectivity index is 2.02. The summed E-state index contributed by atoms with van der Waals surface area (Å²) in [5.41, 5.74) is -1.70. The van der Waals surface area contributed by atoms with Gasteiger partial charge in [0.2, 0.25) is 0 Å². The smallest absolute Gasteiger partial charge is 0.334 e. The van der Waals surface area contributed by atoms with Crippen molar-refractivity contribution >= 4 is 17.9 Å². The van der Waals surface area contributed by atoms with Crippen molar-refractivity contribution in [1.82, 2.24) is 0 Å². The van der Waals surface area contributed by atoms with Gasteiger partial charge in [-0.2, -0.15) is 0 Å². The van der Waals surface area contributed by atoms with Crippen LogP contribution in [-0.4, -0.2) is 58.6 Å². The molecule has 0 aliphatic carbocycles. The summed E-state index contributed by atoms with van der Waals surface area (Å²) >= 11 is 0. The number of fused-ring (bicyclic) bond motifs is 3. The average Bonchev–Trinajstić information content (AvgIpc) is 2.94. The second-order valence-electron chi connectivity index (χ2n) is 10.1. The van der Waals surface area contributed by atoms with E-state index in [1.807, 2.05) is 13.8 Å². The van der Waals surface area contributed by atoms with E-state index in [0.717, 1.165) is 0 Å². The Morgan fingerprint density at radius 2 is 1.81 bits per heavy atom. The third-order valence-corrected chi connectivity index (χ3v) is 7.33. The first-order valence-corrected chi connectivity index (χ1v) is 11.5. The first-order chi connectivity index (χ1) is 14.8. The van der Waals surface area contributed by atoms with Gasteiger partial charge in [0.05, 0.1) is 17.8 Å². The van der Waals surface area contributed by atoms with Gasteiger partial charge in [-0.1, -0.05) is 19.9 Å². The van der Waals surface area contributed by atoms with Crippen LogP contribution in [-0.2, 0) is 33.3 Å². The minimum Gasteiger partial charge on any atom is -0.458 e. The molecule has 3 heterocycles. The Kier molecular flexibility index (Phi) is 7.05. The van der Waals surface area contributed by atoms with Gasteiger partial charge >= 0.3 is 17.9 Å². The maximum Gasteiger partial charge on any atom is 0.334 e. The SMILES string of the molecule is C=C1C(=O)OC2C1CC1OC(CCC1(C)OC(C)=O)C(C)(O)CCCC(C)C2OC(C)=O. The van der Waals surface area contributed by atoms with Crippen LogP contribution >= 0.6 is 0 Å². The van der Waals surface area contributed by atoms with Gasteiger partial charge in [-0.05, 0) is 51.9 Å². The molecule has 3 aliphatic rings. The lowest BCUT2D eigenvalue weighted by Crippen LogP contribution is -2.57.